The average molecular weight is 370 g/mol. The Morgan fingerprint density at radius 2 is 1.81 bits per heavy atom. The molecule has 7 nitrogen and oxygen atoms in total. The van der Waals surface area contributed by atoms with Crippen molar-refractivity contribution in [3.63, 3.8) is 0 Å². The van der Waals surface area contributed by atoms with Gasteiger partial charge in [0.15, 0.2) is 17.4 Å². The molecule has 0 aliphatic rings. The molecule has 0 fully saturated rings. The summed E-state index contributed by atoms with van der Waals surface area (Å²) in [6.07, 6.45) is -0.581. The third kappa shape index (κ3) is 6.23. The predicted octanol–water partition coefficient (Wildman–Crippen LogP) is 1.37. The van der Waals surface area contributed by atoms with Gasteiger partial charge in [0, 0.05) is 38.4 Å². The molecule has 142 valence electrons. The van der Waals surface area contributed by atoms with Gasteiger partial charge in [0.25, 0.3) is 0 Å². The SMILES string of the molecule is CC(=O)NCCN(C(=O)CCC(=O)c1ccc(F)c(F)c1)C(C)C(=O)O. The minimum atomic E-state index is -1.23. The van der Waals surface area contributed by atoms with Crippen LogP contribution in [-0.2, 0) is 14.4 Å². The number of hydrogen-bond acceptors (Lipinski definition) is 4. The van der Waals surface area contributed by atoms with Gasteiger partial charge in [-0.05, 0) is 25.1 Å². The minimum Gasteiger partial charge on any atom is -0.480 e. The number of carboxylic acid groups (broad SMARTS) is 1. The van der Waals surface area contributed by atoms with E-state index in [-0.39, 0.29) is 37.4 Å². The molecular weight excluding hydrogens is 350 g/mol. The highest BCUT2D eigenvalue weighted by atomic mass is 19.2. The molecule has 2 amide bonds. The first-order chi connectivity index (χ1) is 12.1. The van der Waals surface area contributed by atoms with Gasteiger partial charge in [0.05, 0.1) is 0 Å². The Morgan fingerprint density at radius 1 is 1.15 bits per heavy atom. The van der Waals surface area contributed by atoms with E-state index in [0.29, 0.717) is 0 Å². The molecule has 0 saturated heterocycles. The summed E-state index contributed by atoms with van der Waals surface area (Å²) in [5.74, 6) is -4.97. The normalized spacial score (nSPS) is 11.5. The molecule has 0 spiro atoms. The highest BCUT2D eigenvalue weighted by molar-refractivity contribution is 5.98. The molecule has 0 aromatic heterocycles. The van der Waals surface area contributed by atoms with E-state index >= 15 is 0 Å². The van der Waals surface area contributed by atoms with Crippen LogP contribution >= 0.6 is 0 Å². The quantitative estimate of drug-likeness (QED) is 0.639. The fourth-order valence-electron chi connectivity index (χ4n) is 2.20. The summed E-state index contributed by atoms with van der Waals surface area (Å²) in [6, 6.07) is 1.53. The van der Waals surface area contributed by atoms with Gasteiger partial charge in [-0.1, -0.05) is 0 Å². The van der Waals surface area contributed by atoms with Crippen LogP contribution in [0.25, 0.3) is 0 Å². The summed E-state index contributed by atoms with van der Waals surface area (Å²) in [5.41, 5.74) is -0.0761. The molecule has 0 bridgehead atoms. The highest BCUT2D eigenvalue weighted by Crippen LogP contribution is 2.13. The summed E-state index contributed by atoms with van der Waals surface area (Å²) < 4.78 is 26.1. The van der Waals surface area contributed by atoms with Gasteiger partial charge in [0.1, 0.15) is 6.04 Å². The van der Waals surface area contributed by atoms with Crippen molar-refractivity contribution in [1.29, 1.82) is 0 Å². The van der Waals surface area contributed by atoms with Gasteiger partial charge in [-0.15, -0.1) is 0 Å². The van der Waals surface area contributed by atoms with E-state index in [1.807, 2.05) is 0 Å². The van der Waals surface area contributed by atoms with Crippen molar-refractivity contribution in [3.8, 4) is 0 Å². The third-order valence-corrected chi connectivity index (χ3v) is 3.68. The fourth-order valence-corrected chi connectivity index (χ4v) is 2.20. The molecule has 1 rings (SSSR count). The second-order valence-electron chi connectivity index (χ2n) is 5.64. The first-order valence-electron chi connectivity index (χ1n) is 7.88. The Labute approximate surface area is 149 Å². The number of nitrogens with one attached hydrogen (secondary N) is 1. The zero-order chi connectivity index (χ0) is 19.9. The number of ketones is 1. The van der Waals surface area contributed by atoms with E-state index < -0.39 is 35.3 Å². The van der Waals surface area contributed by atoms with Crippen LogP contribution in [0.1, 0.15) is 37.0 Å². The third-order valence-electron chi connectivity index (χ3n) is 3.68. The topological polar surface area (TPSA) is 104 Å². The number of rotatable bonds is 9. The number of nitrogens with zero attached hydrogens (tertiary/aromatic N) is 1. The molecule has 0 saturated carbocycles. The number of benzene rings is 1. The lowest BCUT2D eigenvalue weighted by Crippen LogP contribution is -2.46. The van der Waals surface area contributed by atoms with Gasteiger partial charge < -0.3 is 15.3 Å². The standard InChI is InChI=1S/C17H20F2N2O5/c1-10(17(25)26)21(8-7-20-11(2)22)16(24)6-5-15(23)12-3-4-13(18)14(19)9-12/h3-4,9-10H,5-8H2,1-2H3,(H,20,22)(H,25,26). The van der Waals surface area contributed by atoms with Crippen LogP contribution in [-0.4, -0.2) is 52.7 Å². The first kappa shape index (κ1) is 21.2. The molecule has 0 radical (unpaired) electrons. The molecule has 0 heterocycles. The summed E-state index contributed by atoms with van der Waals surface area (Å²) >= 11 is 0. The largest absolute Gasteiger partial charge is 0.480 e. The van der Waals surface area contributed by atoms with E-state index in [2.05, 4.69) is 5.32 Å². The molecule has 26 heavy (non-hydrogen) atoms. The Kier molecular flexibility index (Phi) is 7.82. The van der Waals surface area contributed by atoms with Gasteiger partial charge in [0.2, 0.25) is 11.8 Å². The van der Waals surface area contributed by atoms with Gasteiger partial charge >= 0.3 is 5.97 Å². The maximum atomic E-state index is 13.2. The molecule has 1 aromatic rings. The van der Waals surface area contributed by atoms with Gasteiger partial charge in [-0.2, -0.15) is 0 Å². The number of carbonyl (C=O) groups is 4. The van der Waals surface area contributed by atoms with Gasteiger partial charge in [-0.25, -0.2) is 13.6 Å². The van der Waals surface area contributed by atoms with E-state index in [4.69, 9.17) is 5.11 Å². The lowest BCUT2D eigenvalue weighted by Gasteiger charge is -2.26. The monoisotopic (exact) mass is 370 g/mol. The molecule has 9 heteroatoms. The lowest BCUT2D eigenvalue weighted by molar-refractivity contribution is -0.149. The number of amides is 2. The molecule has 2 N–H and O–H groups in total. The molecule has 1 unspecified atom stereocenters. The highest BCUT2D eigenvalue weighted by Gasteiger charge is 2.25. The molecule has 1 atom stereocenters. The summed E-state index contributed by atoms with van der Waals surface area (Å²) in [4.78, 5) is 47.4. The molecular formula is C17H20F2N2O5. The molecule has 0 aliphatic heterocycles. The molecule has 0 aliphatic carbocycles. The van der Waals surface area contributed by atoms with Gasteiger partial charge in [-0.3, -0.25) is 14.4 Å². The van der Waals surface area contributed by atoms with Crippen LogP contribution in [0.2, 0.25) is 0 Å². The number of halogens is 2. The number of carboxylic acids is 1. The Hall–Kier alpha value is -2.84. The van der Waals surface area contributed by atoms with Crippen LogP contribution in [0.5, 0.6) is 0 Å². The van der Waals surface area contributed by atoms with Crippen molar-refractivity contribution >= 4 is 23.6 Å². The van der Waals surface area contributed by atoms with Crippen LogP contribution in [0.4, 0.5) is 8.78 Å². The van der Waals surface area contributed by atoms with Crippen molar-refractivity contribution in [2.45, 2.75) is 32.7 Å². The van der Waals surface area contributed by atoms with Crippen molar-refractivity contribution < 1.29 is 33.1 Å². The van der Waals surface area contributed by atoms with E-state index in [9.17, 15) is 28.0 Å². The van der Waals surface area contributed by atoms with Crippen molar-refractivity contribution in [2.24, 2.45) is 0 Å². The summed E-state index contributed by atoms with van der Waals surface area (Å²) in [7, 11) is 0. The van der Waals surface area contributed by atoms with Crippen LogP contribution in [0, 0.1) is 11.6 Å². The second kappa shape index (κ2) is 9.59. The fraction of sp³-hybridized carbons (Fsp3) is 0.412. The minimum absolute atomic E-state index is 0.0365. The van der Waals surface area contributed by atoms with Crippen molar-refractivity contribution in [3.05, 3.63) is 35.4 Å². The number of hydrogen-bond donors (Lipinski definition) is 2. The smallest absolute Gasteiger partial charge is 0.326 e. The second-order valence-corrected chi connectivity index (χ2v) is 5.64. The van der Waals surface area contributed by atoms with E-state index in [0.717, 1.165) is 23.1 Å². The predicted molar refractivity (Wildman–Crippen MR) is 87.4 cm³/mol. The van der Waals surface area contributed by atoms with E-state index in [1.54, 1.807) is 0 Å². The average Bonchev–Trinajstić information content (AvgIpc) is 2.57. The summed E-state index contributed by atoms with van der Waals surface area (Å²) in [6.45, 7) is 2.62. The van der Waals surface area contributed by atoms with Crippen molar-refractivity contribution in [2.75, 3.05) is 13.1 Å². The Balaban J connectivity index is 2.72. The zero-order valence-corrected chi connectivity index (χ0v) is 14.4. The summed E-state index contributed by atoms with van der Waals surface area (Å²) in [5, 5.41) is 11.6. The number of Topliss-reactive ketones (excluding diaryl/α,β-unsaturated/α-hetero) is 1. The zero-order valence-electron chi connectivity index (χ0n) is 14.4. The first-order valence-corrected chi connectivity index (χ1v) is 7.88. The van der Waals surface area contributed by atoms with Crippen LogP contribution in [0.3, 0.4) is 0 Å². The van der Waals surface area contributed by atoms with Crippen LogP contribution < -0.4 is 5.32 Å². The van der Waals surface area contributed by atoms with Crippen molar-refractivity contribution in [1.82, 2.24) is 10.2 Å². The van der Waals surface area contributed by atoms with E-state index in [1.165, 1.54) is 13.8 Å². The number of aliphatic carboxylic acids is 1. The number of carbonyl (C=O) groups excluding carboxylic acids is 3. The van der Waals surface area contributed by atoms with Crippen LogP contribution in [0.15, 0.2) is 18.2 Å². The maximum absolute atomic E-state index is 13.2. The molecule has 1 aromatic carbocycles. The Morgan fingerprint density at radius 3 is 2.35 bits per heavy atom. The maximum Gasteiger partial charge on any atom is 0.326 e. The lowest BCUT2D eigenvalue weighted by atomic mass is 10.1. The Bertz CT molecular complexity index is 708.